The lowest BCUT2D eigenvalue weighted by atomic mass is 10.1. The maximum Gasteiger partial charge on any atom is 0.324 e. The first-order chi connectivity index (χ1) is 15.0. The summed E-state index contributed by atoms with van der Waals surface area (Å²) >= 11 is 5.89. The number of carbonyl (C=O) groups excluding carboxylic acids is 1. The summed E-state index contributed by atoms with van der Waals surface area (Å²) in [5, 5.41) is 19.8. The third kappa shape index (κ3) is 5.25. The van der Waals surface area contributed by atoms with E-state index in [0.29, 0.717) is 42.1 Å². The number of aliphatic hydroxyl groups is 1. The Morgan fingerprint density at radius 3 is 2.61 bits per heavy atom. The maximum atomic E-state index is 12.6. The van der Waals surface area contributed by atoms with Gasteiger partial charge < -0.3 is 29.9 Å². The van der Waals surface area contributed by atoms with Crippen LogP contribution in [0.4, 0.5) is 16.5 Å². The van der Waals surface area contributed by atoms with E-state index in [9.17, 15) is 9.90 Å². The number of carbonyl (C=O) groups is 1. The highest BCUT2D eigenvalue weighted by Gasteiger charge is 2.30. The van der Waals surface area contributed by atoms with E-state index in [1.165, 1.54) is 0 Å². The van der Waals surface area contributed by atoms with Crippen molar-refractivity contribution in [1.29, 1.82) is 0 Å². The lowest BCUT2D eigenvalue weighted by Gasteiger charge is -2.33. The summed E-state index contributed by atoms with van der Waals surface area (Å²) in [6, 6.07) is 13.7. The standard InChI is InChI=1S/C21H22ClN5O4/c1-30-17-8-2-13(3-9-17)10-18(19-25-21(31-26-19)27-11-16(28)12-27)24-20(29)23-15-6-4-14(22)5-7-15/h2-9,16,18,28H,10-12H2,1H3,(H2,23,24,29)/t18-/m0/s1. The number of halogens is 1. The van der Waals surface area contributed by atoms with Crippen LogP contribution < -0.4 is 20.3 Å². The molecule has 4 rings (SSSR count). The molecule has 0 saturated carbocycles. The molecule has 10 heteroatoms. The number of anilines is 2. The molecule has 0 aliphatic carbocycles. The van der Waals surface area contributed by atoms with E-state index >= 15 is 0 Å². The normalized spacial score (nSPS) is 14.6. The third-order valence-corrected chi connectivity index (χ3v) is 5.13. The molecule has 3 aromatic rings. The zero-order valence-corrected chi connectivity index (χ0v) is 17.5. The van der Waals surface area contributed by atoms with Gasteiger partial charge in [-0.15, -0.1) is 0 Å². The summed E-state index contributed by atoms with van der Waals surface area (Å²) in [7, 11) is 1.61. The number of nitrogens with one attached hydrogen (secondary N) is 2. The van der Waals surface area contributed by atoms with Crippen molar-refractivity contribution in [3.05, 3.63) is 64.9 Å². The molecule has 9 nitrogen and oxygen atoms in total. The van der Waals surface area contributed by atoms with Crippen LogP contribution in [-0.2, 0) is 6.42 Å². The molecule has 0 spiro atoms. The highest BCUT2D eigenvalue weighted by atomic mass is 35.5. The van der Waals surface area contributed by atoms with Gasteiger partial charge in [-0.25, -0.2) is 4.79 Å². The van der Waals surface area contributed by atoms with Gasteiger partial charge in [-0.2, -0.15) is 4.98 Å². The largest absolute Gasteiger partial charge is 0.497 e. The number of aliphatic hydroxyl groups excluding tert-OH is 1. The second-order valence-electron chi connectivity index (χ2n) is 7.20. The first-order valence-electron chi connectivity index (χ1n) is 9.73. The van der Waals surface area contributed by atoms with Crippen LogP contribution in [-0.4, -0.2) is 47.6 Å². The SMILES string of the molecule is COc1ccc(C[C@H](NC(=O)Nc2ccc(Cl)cc2)c2noc(N3CC(O)C3)n2)cc1. The number of amides is 2. The first kappa shape index (κ1) is 21.0. The van der Waals surface area contributed by atoms with Crippen molar-refractivity contribution < 1.29 is 19.2 Å². The average Bonchev–Trinajstić information content (AvgIpc) is 3.23. The Hall–Kier alpha value is -3.30. The zero-order chi connectivity index (χ0) is 21.8. The van der Waals surface area contributed by atoms with Crippen LogP contribution in [0.1, 0.15) is 17.4 Å². The molecule has 2 amide bonds. The van der Waals surface area contributed by atoms with Gasteiger partial charge in [-0.3, -0.25) is 0 Å². The number of benzene rings is 2. The highest BCUT2D eigenvalue weighted by Crippen LogP contribution is 2.24. The summed E-state index contributed by atoms with van der Waals surface area (Å²) in [5.41, 5.74) is 1.57. The van der Waals surface area contributed by atoms with Gasteiger partial charge >= 0.3 is 12.0 Å². The summed E-state index contributed by atoms with van der Waals surface area (Å²) in [4.78, 5) is 18.8. The number of β-amino-alcohol motifs (C(OH)–C–C–N with tert-alkyl or cyclic N) is 1. The van der Waals surface area contributed by atoms with Crippen molar-refractivity contribution in [1.82, 2.24) is 15.5 Å². The van der Waals surface area contributed by atoms with Gasteiger partial charge in [0.05, 0.1) is 32.3 Å². The molecule has 1 aliphatic rings. The molecule has 1 atom stereocenters. The van der Waals surface area contributed by atoms with Crippen LogP contribution in [0, 0.1) is 0 Å². The number of rotatable bonds is 7. The van der Waals surface area contributed by atoms with Crippen molar-refractivity contribution in [2.45, 2.75) is 18.6 Å². The molecular weight excluding hydrogens is 422 g/mol. The first-order valence-corrected chi connectivity index (χ1v) is 10.1. The fourth-order valence-corrected chi connectivity index (χ4v) is 3.30. The van der Waals surface area contributed by atoms with Gasteiger partial charge in [-0.1, -0.05) is 28.9 Å². The molecule has 2 aromatic carbocycles. The van der Waals surface area contributed by atoms with Crippen molar-refractivity contribution in [2.75, 3.05) is 30.4 Å². The Labute approximate surface area is 184 Å². The van der Waals surface area contributed by atoms with Crippen LogP contribution in [0.15, 0.2) is 53.1 Å². The van der Waals surface area contributed by atoms with E-state index in [4.69, 9.17) is 20.9 Å². The molecule has 0 bridgehead atoms. The van der Waals surface area contributed by atoms with Crippen molar-refractivity contribution >= 4 is 29.3 Å². The lowest BCUT2D eigenvalue weighted by molar-refractivity contribution is 0.135. The summed E-state index contributed by atoms with van der Waals surface area (Å²) in [6.45, 7) is 0.879. The molecule has 1 saturated heterocycles. The van der Waals surface area contributed by atoms with Gasteiger partial charge in [0.15, 0.2) is 5.82 Å². The monoisotopic (exact) mass is 443 g/mol. The van der Waals surface area contributed by atoms with Crippen LogP contribution >= 0.6 is 11.6 Å². The molecule has 0 unspecified atom stereocenters. The third-order valence-electron chi connectivity index (χ3n) is 4.88. The van der Waals surface area contributed by atoms with Crippen LogP contribution in [0.2, 0.25) is 5.02 Å². The fourth-order valence-electron chi connectivity index (χ4n) is 3.17. The van der Waals surface area contributed by atoms with Crippen LogP contribution in [0.5, 0.6) is 5.75 Å². The Bertz CT molecular complexity index is 1020. The summed E-state index contributed by atoms with van der Waals surface area (Å²) < 4.78 is 10.5. The number of aromatic nitrogens is 2. The minimum absolute atomic E-state index is 0.319. The number of hydrogen-bond donors (Lipinski definition) is 3. The second-order valence-corrected chi connectivity index (χ2v) is 7.64. The summed E-state index contributed by atoms with van der Waals surface area (Å²) in [6.07, 6.45) is 0.0494. The number of methoxy groups -OCH3 is 1. The Morgan fingerprint density at radius 1 is 1.26 bits per heavy atom. The fraction of sp³-hybridized carbons (Fsp3) is 0.286. The number of urea groups is 1. The van der Waals surface area contributed by atoms with Gasteiger partial charge in [0, 0.05) is 17.1 Å². The highest BCUT2D eigenvalue weighted by molar-refractivity contribution is 6.30. The maximum absolute atomic E-state index is 12.6. The van der Waals surface area contributed by atoms with Crippen LogP contribution in [0.25, 0.3) is 0 Å². The summed E-state index contributed by atoms with van der Waals surface area (Å²) in [5.74, 6) is 1.09. The zero-order valence-electron chi connectivity index (χ0n) is 16.8. The number of ether oxygens (including phenoxy) is 1. The number of nitrogens with zero attached hydrogens (tertiary/aromatic N) is 3. The number of hydrogen-bond acceptors (Lipinski definition) is 7. The minimum atomic E-state index is -0.538. The molecule has 1 aliphatic heterocycles. The van der Waals surface area contributed by atoms with Gasteiger partial charge in [0.1, 0.15) is 5.75 Å². The van der Waals surface area contributed by atoms with E-state index < -0.39 is 18.2 Å². The topological polar surface area (TPSA) is 113 Å². The Morgan fingerprint density at radius 2 is 1.97 bits per heavy atom. The van der Waals surface area contributed by atoms with Crippen LogP contribution in [0.3, 0.4) is 0 Å². The second kappa shape index (κ2) is 9.23. The molecule has 0 radical (unpaired) electrons. The molecule has 162 valence electrons. The smallest absolute Gasteiger partial charge is 0.324 e. The Kier molecular flexibility index (Phi) is 6.24. The van der Waals surface area contributed by atoms with Gasteiger partial charge in [-0.05, 0) is 42.0 Å². The molecule has 1 aromatic heterocycles. The van der Waals surface area contributed by atoms with Gasteiger partial charge in [0.2, 0.25) is 0 Å². The molecule has 3 N–H and O–H groups in total. The predicted molar refractivity (Wildman–Crippen MR) is 116 cm³/mol. The van der Waals surface area contributed by atoms with Crippen molar-refractivity contribution in [2.24, 2.45) is 0 Å². The van der Waals surface area contributed by atoms with E-state index in [2.05, 4.69) is 20.8 Å². The predicted octanol–water partition coefficient (Wildman–Crippen LogP) is 3.02. The minimum Gasteiger partial charge on any atom is -0.497 e. The lowest BCUT2D eigenvalue weighted by Crippen LogP contribution is -2.51. The van der Waals surface area contributed by atoms with Crippen molar-refractivity contribution in [3.63, 3.8) is 0 Å². The molecule has 1 fully saturated rings. The van der Waals surface area contributed by atoms with E-state index in [-0.39, 0.29) is 0 Å². The van der Waals surface area contributed by atoms with E-state index in [0.717, 1.165) is 11.3 Å². The van der Waals surface area contributed by atoms with Crippen molar-refractivity contribution in [3.8, 4) is 5.75 Å². The van der Waals surface area contributed by atoms with E-state index in [1.54, 1.807) is 36.3 Å². The van der Waals surface area contributed by atoms with Gasteiger partial charge in [0.25, 0.3) is 0 Å². The molecular formula is C21H22ClN5O4. The molecule has 31 heavy (non-hydrogen) atoms. The Balaban J connectivity index is 1.49. The quantitative estimate of drug-likeness (QED) is 0.514. The molecule has 2 heterocycles. The van der Waals surface area contributed by atoms with E-state index in [1.807, 2.05) is 24.3 Å². The average molecular weight is 444 g/mol.